The highest BCUT2D eigenvalue weighted by atomic mass is 15.3. The molecule has 0 saturated carbocycles. The lowest BCUT2D eigenvalue weighted by atomic mass is 10.3. The first-order chi connectivity index (χ1) is 8.08. The summed E-state index contributed by atoms with van der Waals surface area (Å²) < 4.78 is 2.09. The van der Waals surface area contributed by atoms with E-state index in [1.54, 1.807) is 0 Å². The molecule has 0 aromatic carbocycles. The molecule has 4 nitrogen and oxygen atoms in total. The third-order valence-electron chi connectivity index (χ3n) is 3.20. The van der Waals surface area contributed by atoms with Crippen LogP contribution in [0.15, 0.2) is 6.07 Å². The summed E-state index contributed by atoms with van der Waals surface area (Å²) in [7, 11) is 4.22. The van der Waals surface area contributed by atoms with Gasteiger partial charge in [0.25, 0.3) is 0 Å². The van der Waals surface area contributed by atoms with Gasteiger partial charge in [0.2, 0.25) is 0 Å². The number of likely N-dealkylation sites (N-methyl/N-ethyl adjacent to an activating group) is 1. The average molecular weight is 238 g/mol. The molecule has 1 unspecified atom stereocenters. The van der Waals surface area contributed by atoms with Crippen LogP contribution in [0.2, 0.25) is 0 Å². The zero-order valence-corrected chi connectivity index (χ0v) is 11.8. The summed E-state index contributed by atoms with van der Waals surface area (Å²) in [4.78, 5) is 2.22. The summed E-state index contributed by atoms with van der Waals surface area (Å²) in [5.41, 5.74) is 2.47. The number of rotatable bonds is 7. The van der Waals surface area contributed by atoms with Crippen molar-refractivity contribution in [3.8, 4) is 0 Å². The van der Waals surface area contributed by atoms with E-state index in [9.17, 15) is 0 Å². The zero-order valence-electron chi connectivity index (χ0n) is 11.8. The maximum atomic E-state index is 4.55. The van der Waals surface area contributed by atoms with Gasteiger partial charge in [0.1, 0.15) is 0 Å². The van der Waals surface area contributed by atoms with E-state index in [2.05, 4.69) is 60.9 Å². The van der Waals surface area contributed by atoms with Crippen molar-refractivity contribution in [2.24, 2.45) is 0 Å². The maximum absolute atomic E-state index is 4.55. The predicted octanol–water partition coefficient (Wildman–Crippen LogP) is 1.51. The van der Waals surface area contributed by atoms with Gasteiger partial charge in [-0.15, -0.1) is 0 Å². The minimum absolute atomic E-state index is 0.554. The topological polar surface area (TPSA) is 33.1 Å². The van der Waals surface area contributed by atoms with Gasteiger partial charge in [-0.3, -0.25) is 4.68 Å². The summed E-state index contributed by atoms with van der Waals surface area (Å²) in [5.74, 6) is 0. The Labute approximate surface area is 105 Å². The Kier molecular flexibility index (Phi) is 5.65. The minimum atomic E-state index is 0.554. The van der Waals surface area contributed by atoms with Crippen LogP contribution >= 0.6 is 0 Å². The fraction of sp³-hybridized carbons (Fsp3) is 0.769. The Bertz CT molecular complexity index is 330. The second-order valence-electron chi connectivity index (χ2n) is 4.74. The van der Waals surface area contributed by atoms with E-state index in [-0.39, 0.29) is 0 Å². The van der Waals surface area contributed by atoms with Crippen molar-refractivity contribution in [1.29, 1.82) is 0 Å². The first-order valence-electron chi connectivity index (χ1n) is 6.51. The Morgan fingerprint density at radius 2 is 2.12 bits per heavy atom. The van der Waals surface area contributed by atoms with Crippen LogP contribution in [0, 0.1) is 0 Å². The van der Waals surface area contributed by atoms with Crippen LogP contribution in [0.3, 0.4) is 0 Å². The molecule has 1 rings (SSSR count). The molecular weight excluding hydrogens is 212 g/mol. The first-order valence-corrected chi connectivity index (χ1v) is 6.51. The van der Waals surface area contributed by atoms with Gasteiger partial charge in [-0.2, -0.15) is 5.10 Å². The number of hydrogen-bond donors (Lipinski definition) is 1. The zero-order chi connectivity index (χ0) is 12.8. The van der Waals surface area contributed by atoms with Gasteiger partial charge in [0.15, 0.2) is 0 Å². The van der Waals surface area contributed by atoms with Crippen molar-refractivity contribution >= 4 is 0 Å². The Hall–Kier alpha value is -0.870. The lowest BCUT2D eigenvalue weighted by Gasteiger charge is -2.20. The summed E-state index contributed by atoms with van der Waals surface area (Å²) in [5, 5.41) is 8.04. The molecule has 0 fully saturated rings. The summed E-state index contributed by atoms with van der Waals surface area (Å²) in [6.45, 7) is 9.36. The van der Waals surface area contributed by atoms with E-state index >= 15 is 0 Å². The molecule has 17 heavy (non-hydrogen) atoms. The smallest absolute Gasteiger partial charge is 0.0625 e. The van der Waals surface area contributed by atoms with E-state index in [4.69, 9.17) is 0 Å². The maximum Gasteiger partial charge on any atom is 0.0625 e. The van der Waals surface area contributed by atoms with E-state index in [0.717, 1.165) is 26.1 Å². The molecule has 0 spiro atoms. The van der Waals surface area contributed by atoms with Gasteiger partial charge >= 0.3 is 0 Å². The highest BCUT2D eigenvalue weighted by Crippen LogP contribution is 2.05. The largest absolute Gasteiger partial charge is 0.310 e. The number of hydrogen-bond acceptors (Lipinski definition) is 3. The molecule has 0 aliphatic carbocycles. The van der Waals surface area contributed by atoms with E-state index < -0.39 is 0 Å². The van der Waals surface area contributed by atoms with Crippen LogP contribution < -0.4 is 5.32 Å². The molecule has 98 valence electrons. The van der Waals surface area contributed by atoms with E-state index in [1.165, 1.54) is 11.4 Å². The number of nitrogens with one attached hydrogen (secondary N) is 1. The molecule has 0 amide bonds. The summed E-state index contributed by atoms with van der Waals surface area (Å²) in [6.07, 6.45) is 1.01. The Morgan fingerprint density at radius 1 is 1.41 bits per heavy atom. The fourth-order valence-corrected chi connectivity index (χ4v) is 1.70. The van der Waals surface area contributed by atoms with Crippen molar-refractivity contribution in [2.75, 3.05) is 20.6 Å². The van der Waals surface area contributed by atoms with Crippen LogP contribution in [0.4, 0.5) is 0 Å². The molecular formula is C13H26N4. The van der Waals surface area contributed by atoms with Crippen molar-refractivity contribution < 1.29 is 0 Å². The molecule has 0 bridgehead atoms. The van der Waals surface area contributed by atoms with Crippen molar-refractivity contribution in [3.05, 3.63) is 17.5 Å². The van der Waals surface area contributed by atoms with Crippen molar-refractivity contribution in [3.63, 3.8) is 0 Å². The number of nitrogens with zero attached hydrogens (tertiary/aromatic N) is 3. The predicted molar refractivity (Wildman–Crippen MR) is 72.1 cm³/mol. The highest BCUT2D eigenvalue weighted by Gasteiger charge is 2.07. The second-order valence-corrected chi connectivity index (χ2v) is 4.74. The summed E-state index contributed by atoms with van der Waals surface area (Å²) in [6, 6.07) is 2.76. The van der Waals surface area contributed by atoms with Gasteiger partial charge in [0.05, 0.1) is 11.4 Å². The second kappa shape index (κ2) is 6.77. The summed E-state index contributed by atoms with van der Waals surface area (Å²) >= 11 is 0. The molecule has 1 heterocycles. The van der Waals surface area contributed by atoms with E-state index in [1.807, 2.05) is 0 Å². The average Bonchev–Trinajstić information content (AvgIpc) is 2.71. The third kappa shape index (κ3) is 4.13. The van der Waals surface area contributed by atoms with Crippen LogP contribution in [-0.4, -0.2) is 41.4 Å². The monoisotopic (exact) mass is 238 g/mol. The van der Waals surface area contributed by atoms with Gasteiger partial charge < -0.3 is 10.2 Å². The lowest BCUT2D eigenvalue weighted by molar-refractivity contribution is 0.301. The molecule has 0 radical (unpaired) electrons. The molecule has 1 atom stereocenters. The van der Waals surface area contributed by atoms with Gasteiger partial charge in [-0.1, -0.05) is 6.92 Å². The molecule has 0 aliphatic rings. The van der Waals surface area contributed by atoms with Crippen LogP contribution in [0.1, 0.15) is 32.2 Å². The van der Waals surface area contributed by atoms with Gasteiger partial charge in [-0.05, 0) is 40.4 Å². The van der Waals surface area contributed by atoms with Gasteiger partial charge in [0, 0.05) is 25.7 Å². The van der Waals surface area contributed by atoms with Crippen molar-refractivity contribution in [1.82, 2.24) is 20.0 Å². The normalized spacial score (nSPS) is 13.3. The number of aryl methyl sites for hydroxylation is 2. The van der Waals surface area contributed by atoms with Crippen LogP contribution in [-0.2, 0) is 19.5 Å². The molecule has 0 saturated heterocycles. The first kappa shape index (κ1) is 14.2. The van der Waals surface area contributed by atoms with Crippen molar-refractivity contribution in [2.45, 2.75) is 46.3 Å². The minimum Gasteiger partial charge on any atom is -0.310 e. The number of aromatic nitrogens is 2. The molecule has 0 aliphatic heterocycles. The lowest BCUT2D eigenvalue weighted by Crippen LogP contribution is -2.35. The Morgan fingerprint density at radius 3 is 2.65 bits per heavy atom. The molecule has 1 aromatic heterocycles. The standard InChI is InChI=1S/C13H26N4/c1-6-12-8-13(17(7-2)15-12)10-14-9-11(3)16(4)5/h8,11,14H,6-7,9-10H2,1-5H3. The Balaban J connectivity index is 2.48. The molecule has 4 heteroatoms. The highest BCUT2D eigenvalue weighted by molar-refractivity contribution is 5.10. The van der Waals surface area contributed by atoms with E-state index in [0.29, 0.717) is 6.04 Å². The van der Waals surface area contributed by atoms with Gasteiger partial charge in [-0.25, -0.2) is 0 Å². The fourth-order valence-electron chi connectivity index (χ4n) is 1.70. The van der Waals surface area contributed by atoms with Crippen LogP contribution in [0.5, 0.6) is 0 Å². The quantitative estimate of drug-likeness (QED) is 0.781. The van der Waals surface area contributed by atoms with Crippen LogP contribution in [0.25, 0.3) is 0 Å². The SMILES string of the molecule is CCc1cc(CNCC(C)N(C)C)n(CC)n1. The molecule has 1 N–H and O–H groups in total. The third-order valence-corrected chi connectivity index (χ3v) is 3.20. The molecule has 1 aromatic rings.